The molecule has 1 aliphatic heterocycles. The van der Waals surface area contributed by atoms with Gasteiger partial charge in [0, 0.05) is 12.0 Å². The number of thioether (sulfide) groups is 1. The van der Waals surface area contributed by atoms with Crippen LogP contribution in [0.15, 0.2) is 66.8 Å². The molecule has 1 fully saturated rings. The summed E-state index contributed by atoms with van der Waals surface area (Å²) >= 11 is 1.96. The number of hydrogen-bond donors (Lipinski definition) is 2. The molecule has 2 unspecified atom stereocenters. The molecule has 140 valence electrons. The topological polar surface area (TPSA) is 57.5 Å². The fourth-order valence-corrected chi connectivity index (χ4v) is 4.54. The predicted octanol–water partition coefficient (Wildman–Crippen LogP) is 4.66. The molecule has 0 bridgehead atoms. The van der Waals surface area contributed by atoms with Gasteiger partial charge in [-0.1, -0.05) is 67.6 Å². The number of allylic oxidation sites excluding steroid dienone is 4. The normalized spacial score (nSPS) is 23.2. The number of rotatable bonds is 9. The molecule has 4 atom stereocenters. The molecule has 1 heterocycles. The number of aliphatic hydroxyl groups is 1. The smallest absolute Gasteiger partial charge is 0.327 e. The minimum absolute atomic E-state index is 0.0841. The van der Waals surface area contributed by atoms with E-state index in [1.165, 1.54) is 6.08 Å². The van der Waals surface area contributed by atoms with Crippen LogP contribution in [-0.2, 0) is 4.79 Å². The van der Waals surface area contributed by atoms with E-state index in [2.05, 4.69) is 31.2 Å². The lowest BCUT2D eigenvalue weighted by Crippen LogP contribution is -2.15. The largest absolute Gasteiger partial charge is 0.478 e. The molecule has 0 amide bonds. The number of carboxylic acids is 1. The van der Waals surface area contributed by atoms with Crippen LogP contribution in [0.25, 0.3) is 0 Å². The Hall–Kier alpha value is -1.78. The fraction of sp³-hybridized carbons (Fsp3) is 0.409. The molecule has 4 heteroatoms. The van der Waals surface area contributed by atoms with Crippen LogP contribution in [0.4, 0.5) is 0 Å². The van der Waals surface area contributed by atoms with Crippen molar-refractivity contribution in [1.82, 2.24) is 0 Å². The average molecular weight is 373 g/mol. The van der Waals surface area contributed by atoms with Crippen molar-refractivity contribution in [3.8, 4) is 0 Å². The van der Waals surface area contributed by atoms with Crippen molar-refractivity contribution < 1.29 is 15.0 Å². The van der Waals surface area contributed by atoms with Crippen LogP contribution in [0, 0.1) is 11.8 Å². The molecule has 0 spiro atoms. The van der Waals surface area contributed by atoms with E-state index >= 15 is 0 Å². The first-order valence-electron chi connectivity index (χ1n) is 9.11. The lowest BCUT2D eigenvalue weighted by atomic mass is 9.90. The molecule has 2 rings (SSSR count). The SMILES string of the molecule is CC(c1ccccc1)C(O)/C=C/[C@H]1CSC[C@H]1CC=CC/C=C\C(=O)O. The van der Waals surface area contributed by atoms with Crippen molar-refractivity contribution in [2.45, 2.75) is 31.8 Å². The highest BCUT2D eigenvalue weighted by atomic mass is 32.2. The summed E-state index contributed by atoms with van der Waals surface area (Å²) in [6.45, 7) is 2.05. The van der Waals surface area contributed by atoms with E-state index in [-0.39, 0.29) is 5.92 Å². The Kier molecular flexibility index (Phi) is 8.72. The Morgan fingerprint density at radius 1 is 1.23 bits per heavy atom. The van der Waals surface area contributed by atoms with E-state index in [0.29, 0.717) is 18.3 Å². The van der Waals surface area contributed by atoms with Crippen molar-refractivity contribution in [2.75, 3.05) is 11.5 Å². The van der Waals surface area contributed by atoms with Crippen molar-refractivity contribution in [2.24, 2.45) is 11.8 Å². The summed E-state index contributed by atoms with van der Waals surface area (Å²) in [4.78, 5) is 10.4. The Balaban J connectivity index is 1.82. The van der Waals surface area contributed by atoms with E-state index in [1.807, 2.05) is 42.1 Å². The lowest BCUT2D eigenvalue weighted by molar-refractivity contribution is -0.131. The van der Waals surface area contributed by atoms with Gasteiger partial charge in [0.1, 0.15) is 0 Å². The molecule has 1 aliphatic rings. The third-order valence-electron chi connectivity index (χ3n) is 4.78. The Labute approximate surface area is 160 Å². The lowest BCUT2D eigenvalue weighted by Gasteiger charge is -2.18. The maximum absolute atomic E-state index is 10.5. The van der Waals surface area contributed by atoms with E-state index in [1.54, 1.807) is 6.08 Å². The summed E-state index contributed by atoms with van der Waals surface area (Å²) < 4.78 is 0. The molecule has 0 aromatic heterocycles. The molecule has 0 aliphatic carbocycles. The van der Waals surface area contributed by atoms with Crippen LogP contribution in [-0.4, -0.2) is 33.8 Å². The maximum Gasteiger partial charge on any atom is 0.327 e. The zero-order chi connectivity index (χ0) is 18.8. The second kappa shape index (κ2) is 11.0. The van der Waals surface area contributed by atoms with Gasteiger partial charge in [-0.15, -0.1) is 0 Å². The molecule has 1 saturated heterocycles. The molecular weight excluding hydrogens is 344 g/mol. The van der Waals surface area contributed by atoms with Gasteiger partial charge in [0.05, 0.1) is 6.10 Å². The summed E-state index contributed by atoms with van der Waals surface area (Å²) in [5, 5.41) is 19.0. The quantitative estimate of drug-likeness (QED) is 0.489. The third kappa shape index (κ3) is 6.85. The maximum atomic E-state index is 10.5. The molecule has 26 heavy (non-hydrogen) atoms. The van der Waals surface area contributed by atoms with Crippen LogP contribution in [0.1, 0.15) is 31.2 Å². The summed E-state index contributed by atoms with van der Waals surface area (Å²) in [6.07, 6.45) is 12.3. The highest BCUT2D eigenvalue weighted by Crippen LogP contribution is 2.34. The van der Waals surface area contributed by atoms with Gasteiger partial charge in [0.2, 0.25) is 0 Å². The molecule has 1 aromatic rings. The van der Waals surface area contributed by atoms with Gasteiger partial charge in [0.15, 0.2) is 0 Å². The highest BCUT2D eigenvalue weighted by Gasteiger charge is 2.25. The monoisotopic (exact) mass is 372 g/mol. The van der Waals surface area contributed by atoms with Gasteiger partial charge in [-0.25, -0.2) is 4.79 Å². The minimum atomic E-state index is -0.904. The fourth-order valence-electron chi connectivity index (χ4n) is 3.06. The Bertz CT molecular complexity index is 636. The molecule has 0 saturated carbocycles. The van der Waals surface area contributed by atoms with E-state index in [4.69, 9.17) is 5.11 Å². The number of carboxylic acid groups (broad SMARTS) is 1. The van der Waals surface area contributed by atoms with Crippen LogP contribution in [0.3, 0.4) is 0 Å². The zero-order valence-corrected chi connectivity index (χ0v) is 16.0. The van der Waals surface area contributed by atoms with E-state index in [0.717, 1.165) is 23.5 Å². The first kappa shape index (κ1) is 20.5. The number of aliphatic carboxylic acids is 1. The number of carbonyl (C=O) groups is 1. The second-order valence-corrected chi connectivity index (χ2v) is 7.79. The van der Waals surface area contributed by atoms with Gasteiger partial charge in [-0.2, -0.15) is 11.8 Å². The van der Waals surface area contributed by atoms with Crippen molar-refractivity contribution in [3.05, 3.63) is 72.4 Å². The predicted molar refractivity (Wildman–Crippen MR) is 109 cm³/mol. The van der Waals surface area contributed by atoms with Crippen molar-refractivity contribution in [1.29, 1.82) is 0 Å². The zero-order valence-electron chi connectivity index (χ0n) is 15.2. The molecule has 0 radical (unpaired) electrons. The summed E-state index contributed by atoms with van der Waals surface area (Å²) in [5.74, 6) is 2.47. The van der Waals surface area contributed by atoms with Crippen molar-refractivity contribution in [3.63, 3.8) is 0 Å². The Morgan fingerprint density at radius 3 is 2.73 bits per heavy atom. The molecule has 1 aromatic carbocycles. The van der Waals surface area contributed by atoms with Crippen LogP contribution in [0.5, 0.6) is 0 Å². The molecule has 2 N–H and O–H groups in total. The second-order valence-electron chi connectivity index (χ2n) is 6.72. The first-order chi connectivity index (χ1) is 12.6. The van der Waals surface area contributed by atoms with Gasteiger partial charge in [-0.05, 0) is 41.7 Å². The minimum Gasteiger partial charge on any atom is -0.478 e. The molecular formula is C22H28O3S. The summed E-state index contributed by atoms with van der Waals surface area (Å²) in [5.41, 5.74) is 1.15. The third-order valence-corrected chi connectivity index (χ3v) is 6.06. The van der Waals surface area contributed by atoms with Gasteiger partial charge >= 0.3 is 5.97 Å². The molecule has 3 nitrogen and oxygen atoms in total. The Morgan fingerprint density at radius 2 is 2.00 bits per heavy atom. The van der Waals surface area contributed by atoms with Gasteiger partial charge < -0.3 is 10.2 Å². The van der Waals surface area contributed by atoms with Crippen LogP contribution in [0.2, 0.25) is 0 Å². The van der Waals surface area contributed by atoms with Gasteiger partial charge in [-0.3, -0.25) is 0 Å². The average Bonchev–Trinajstić information content (AvgIpc) is 3.09. The van der Waals surface area contributed by atoms with E-state index in [9.17, 15) is 9.90 Å². The summed E-state index contributed by atoms with van der Waals surface area (Å²) in [7, 11) is 0. The van der Waals surface area contributed by atoms with E-state index < -0.39 is 12.1 Å². The first-order valence-corrected chi connectivity index (χ1v) is 10.3. The van der Waals surface area contributed by atoms with Crippen molar-refractivity contribution >= 4 is 17.7 Å². The standard InChI is InChI=1S/C22H28O3S/c1-17(18-9-6-4-7-10-18)21(23)14-13-20-16-26-15-19(20)11-5-2-3-8-12-22(24)25/h2,4-10,12-14,17,19-21,23H,3,11,15-16H2,1H3,(H,24,25)/b5-2?,12-8-,14-13+/t17?,19-,20+,21?/m1/s1. The van der Waals surface area contributed by atoms with Crippen LogP contribution < -0.4 is 0 Å². The highest BCUT2D eigenvalue weighted by molar-refractivity contribution is 7.99. The van der Waals surface area contributed by atoms with Crippen LogP contribution >= 0.6 is 11.8 Å². The number of benzene rings is 1. The summed E-state index contributed by atoms with van der Waals surface area (Å²) in [6, 6.07) is 10.1. The number of aliphatic hydroxyl groups excluding tert-OH is 1. The number of hydrogen-bond acceptors (Lipinski definition) is 3. The van der Waals surface area contributed by atoms with Gasteiger partial charge in [0.25, 0.3) is 0 Å².